The number of anilines is 1. The van der Waals surface area contributed by atoms with Crippen molar-refractivity contribution in [2.45, 2.75) is 13.0 Å². The molecular weight excluding hydrogens is 368 g/mol. The van der Waals surface area contributed by atoms with Gasteiger partial charge in [0.2, 0.25) is 0 Å². The monoisotopic (exact) mass is 382 g/mol. The molecule has 2 amide bonds. The molecule has 1 aliphatic rings. The number of carbonyl (C=O) groups is 1. The number of urea groups is 1. The number of nitrogens with one attached hydrogen (secondary N) is 2. The highest BCUT2D eigenvalue weighted by atomic mass is 79.9. The molecule has 120 valence electrons. The highest BCUT2D eigenvalue weighted by molar-refractivity contribution is 9.10. The zero-order valence-electron chi connectivity index (χ0n) is 13.0. The van der Waals surface area contributed by atoms with Crippen molar-refractivity contribution in [3.63, 3.8) is 0 Å². The van der Waals surface area contributed by atoms with E-state index in [9.17, 15) is 4.79 Å². The van der Waals surface area contributed by atoms with Crippen LogP contribution in [-0.4, -0.2) is 15.8 Å². The Hall–Kier alpha value is -2.60. The van der Waals surface area contributed by atoms with Gasteiger partial charge in [-0.05, 0) is 36.8 Å². The predicted molar refractivity (Wildman–Crippen MR) is 96.4 cm³/mol. The van der Waals surface area contributed by atoms with Crippen LogP contribution in [0, 0.1) is 6.92 Å². The standard InChI is InChI=1S/C18H15BrN4O/c1-11-15-16(12-7-9-13(19)10-8-12)20-18(24)21-17(15)23(22-11)14-5-3-2-4-6-14/h2-10,16H,1H3,(H2,20,21,24). The lowest BCUT2D eigenvalue weighted by atomic mass is 9.97. The Balaban J connectivity index is 1.87. The second-order valence-electron chi connectivity index (χ2n) is 5.68. The Kier molecular flexibility index (Phi) is 3.61. The van der Waals surface area contributed by atoms with Gasteiger partial charge < -0.3 is 5.32 Å². The Morgan fingerprint density at radius 3 is 2.50 bits per heavy atom. The molecule has 0 fully saturated rings. The third-order valence-corrected chi connectivity index (χ3v) is 4.64. The van der Waals surface area contributed by atoms with Gasteiger partial charge in [0, 0.05) is 10.0 Å². The van der Waals surface area contributed by atoms with Crippen molar-refractivity contribution < 1.29 is 4.79 Å². The minimum atomic E-state index is -0.229. The average molecular weight is 383 g/mol. The van der Waals surface area contributed by atoms with Crippen LogP contribution in [0.3, 0.4) is 0 Å². The number of hydrogen-bond donors (Lipinski definition) is 2. The molecule has 0 saturated heterocycles. The minimum Gasteiger partial charge on any atom is -0.327 e. The molecule has 1 aromatic heterocycles. The fraction of sp³-hybridized carbons (Fsp3) is 0.111. The van der Waals surface area contributed by atoms with Crippen molar-refractivity contribution in [1.82, 2.24) is 15.1 Å². The van der Waals surface area contributed by atoms with E-state index < -0.39 is 0 Å². The molecule has 5 nitrogen and oxygen atoms in total. The number of amides is 2. The van der Waals surface area contributed by atoms with Crippen molar-refractivity contribution in [3.8, 4) is 5.69 Å². The van der Waals surface area contributed by atoms with Crippen molar-refractivity contribution in [3.05, 3.63) is 75.9 Å². The molecule has 1 atom stereocenters. The molecule has 1 unspecified atom stereocenters. The first-order valence-electron chi connectivity index (χ1n) is 7.61. The van der Waals surface area contributed by atoms with Gasteiger partial charge in [-0.15, -0.1) is 0 Å². The van der Waals surface area contributed by atoms with E-state index in [-0.39, 0.29) is 12.1 Å². The van der Waals surface area contributed by atoms with E-state index in [1.54, 1.807) is 4.68 Å². The topological polar surface area (TPSA) is 59.0 Å². The van der Waals surface area contributed by atoms with Gasteiger partial charge in [-0.25, -0.2) is 9.48 Å². The van der Waals surface area contributed by atoms with E-state index in [2.05, 4.69) is 31.7 Å². The van der Waals surface area contributed by atoms with Crippen LogP contribution < -0.4 is 10.6 Å². The number of carbonyl (C=O) groups excluding carboxylic acids is 1. The number of aromatic nitrogens is 2. The van der Waals surface area contributed by atoms with E-state index in [0.717, 1.165) is 32.8 Å². The second-order valence-corrected chi connectivity index (χ2v) is 6.59. The van der Waals surface area contributed by atoms with Crippen LogP contribution in [0.5, 0.6) is 0 Å². The second kappa shape index (κ2) is 5.79. The molecule has 2 N–H and O–H groups in total. The highest BCUT2D eigenvalue weighted by Crippen LogP contribution is 2.36. The summed E-state index contributed by atoms with van der Waals surface area (Å²) in [5.74, 6) is 0.718. The van der Waals surface area contributed by atoms with E-state index in [4.69, 9.17) is 0 Å². The largest absolute Gasteiger partial charge is 0.327 e. The SMILES string of the molecule is Cc1nn(-c2ccccc2)c2c1C(c1ccc(Br)cc1)NC(=O)N2. The van der Waals surface area contributed by atoms with Crippen LogP contribution in [0.15, 0.2) is 59.1 Å². The van der Waals surface area contributed by atoms with Gasteiger partial charge in [-0.1, -0.05) is 46.3 Å². The molecule has 3 aromatic rings. The fourth-order valence-electron chi connectivity index (χ4n) is 3.01. The first kappa shape index (κ1) is 15.0. The number of benzene rings is 2. The number of para-hydroxylation sites is 1. The zero-order valence-corrected chi connectivity index (χ0v) is 14.5. The highest BCUT2D eigenvalue weighted by Gasteiger charge is 2.31. The maximum atomic E-state index is 12.2. The summed E-state index contributed by atoms with van der Waals surface area (Å²) >= 11 is 3.45. The summed E-state index contributed by atoms with van der Waals surface area (Å²) in [7, 11) is 0. The van der Waals surface area contributed by atoms with Crippen LogP contribution in [0.1, 0.15) is 22.9 Å². The maximum Gasteiger partial charge on any atom is 0.321 e. The van der Waals surface area contributed by atoms with Crippen LogP contribution in [0.2, 0.25) is 0 Å². The third kappa shape index (κ3) is 2.49. The van der Waals surface area contributed by atoms with E-state index in [1.165, 1.54) is 0 Å². The number of nitrogens with zero attached hydrogens (tertiary/aromatic N) is 2. The summed E-state index contributed by atoms with van der Waals surface area (Å²) in [6.45, 7) is 1.96. The summed E-state index contributed by atoms with van der Waals surface area (Å²) in [6.07, 6.45) is 0. The minimum absolute atomic E-state index is 0.223. The molecule has 0 spiro atoms. The Bertz CT molecular complexity index is 903. The van der Waals surface area contributed by atoms with Crippen LogP contribution in [-0.2, 0) is 0 Å². The predicted octanol–water partition coefficient (Wildman–Crippen LogP) is 4.17. The van der Waals surface area contributed by atoms with E-state index in [1.807, 2.05) is 61.5 Å². The number of rotatable bonds is 2. The van der Waals surface area contributed by atoms with E-state index in [0.29, 0.717) is 0 Å². The number of halogens is 1. The van der Waals surface area contributed by atoms with Crippen molar-refractivity contribution >= 4 is 27.8 Å². The molecule has 0 bridgehead atoms. The molecule has 1 aliphatic heterocycles. The zero-order chi connectivity index (χ0) is 16.7. The van der Waals surface area contributed by atoms with Gasteiger partial charge in [0.05, 0.1) is 17.4 Å². The lowest BCUT2D eigenvalue weighted by Crippen LogP contribution is -2.38. The lowest BCUT2D eigenvalue weighted by Gasteiger charge is -2.26. The Morgan fingerprint density at radius 2 is 1.79 bits per heavy atom. The van der Waals surface area contributed by atoms with Gasteiger partial charge >= 0.3 is 6.03 Å². The summed E-state index contributed by atoms with van der Waals surface area (Å²) in [6, 6.07) is 17.3. The van der Waals surface area contributed by atoms with Gasteiger partial charge in [-0.2, -0.15) is 5.10 Å². The van der Waals surface area contributed by atoms with Crippen LogP contribution >= 0.6 is 15.9 Å². The van der Waals surface area contributed by atoms with Gasteiger partial charge in [-0.3, -0.25) is 5.32 Å². The smallest absolute Gasteiger partial charge is 0.321 e. The first-order valence-corrected chi connectivity index (χ1v) is 8.41. The van der Waals surface area contributed by atoms with Crippen molar-refractivity contribution in [1.29, 1.82) is 0 Å². The number of aryl methyl sites for hydroxylation is 1. The number of fused-ring (bicyclic) bond motifs is 1. The molecule has 4 rings (SSSR count). The van der Waals surface area contributed by atoms with Crippen LogP contribution in [0.4, 0.5) is 10.6 Å². The normalized spacial score (nSPS) is 16.2. The molecule has 0 aliphatic carbocycles. The first-order chi connectivity index (χ1) is 11.6. The molecular formula is C18H15BrN4O. The van der Waals surface area contributed by atoms with Crippen molar-refractivity contribution in [2.75, 3.05) is 5.32 Å². The molecule has 6 heteroatoms. The lowest BCUT2D eigenvalue weighted by molar-refractivity contribution is 0.249. The Labute approximate surface area is 147 Å². The van der Waals surface area contributed by atoms with Gasteiger partial charge in [0.25, 0.3) is 0 Å². The fourth-order valence-corrected chi connectivity index (χ4v) is 3.28. The summed E-state index contributed by atoms with van der Waals surface area (Å²) in [5.41, 5.74) is 3.80. The Morgan fingerprint density at radius 1 is 1.08 bits per heavy atom. The summed E-state index contributed by atoms with van der Waals surface area (Å²) < 4.78 is 2.79. The van der Waals surface area contributed by atoms with Crippen molar-refractivity contribution in [2.24, 2.45) is 0 Å². The quantitative estimate of drug-likeness (QED) is 0.698. The van der Waals surface area contributed by atoms with Gasteiger partial charge in [0.1, 0.15) is 5.82 Å². The summed E-state index contributed by atoms with van der Waals surface area (Å²) in [5, 5.41) is 10.5. The van der Waals surface area contributed by atoms with Crippen LogP contribution in [0.25, 0.3) is 5.69 Å². The number of hydrogen-bond acceptors (Lipinski definition) is 2. The molecule has 24 heavy (non-hydrogen) atoms. The summed E-state index contributed by atoms with van der Waals surface area (Å²) in [4.78, 5) is 12.2. The molecule has 2 heterocycles. The maximum absolute atomic E-state index is 12.2. The molecule has 2 aromatic carbocycles. The third-order valence-electron chi connectivity index (χ3n) is 4.11. The molecule has 0 saturated carbocycles. The van der Waals surface area contributed by atoms with Gasteiger partial charge in [0.15, 0.2) is 0 Å². The molecule has 0 radical (unpaired) electrons. The van der Waals surface area contributed by atoms with E-state index >= 15 is 0 Å². The average Bonchev–Trinajstić information content (AvgIpc) is 2.92.